The second-order valence-electron chi connectivity index (χ2n) is 9.71. The Labute approximate surface area is 223 Å². The van der Waals surface area contributed by atoms with E-state index in [1.165, 1.54) is 0 Å². The van der Waals surface area contributed by atoms with Crippen molar-refractivity contribution in [2.45, 2.75) is 38.2 Å². The summed E-state index contributed by atoms with van der Waals surface area (Å²) in [6.07, 6.45) is 0.987. The minimum absolute atomic E-state index is 0.0000774. The topological polar surface area (TPSA) is 74.2 Å². The van der Waals surface area contributed by atoms with Gasteiger partial charge >= 0.3 is 5.97 Å². The van der Waals surface area contributed by atoms with Crippen molar-refractivity contribution in [1.29, 1.82) is 0 Å². The molecule has 3 aromatic carbocycles. The third-order valence-corrected chi connectivity index (χ3v) is 7.41. The number of allylic oxidation sites excluding steroid dienone is 2. The van der Waals surface area contributed by atoms with Crippen LogP contribution in [0.25, 0.3) is 0 Å². The van der Waals surface area contributed by atoms with Crippen LogP contribution in [0, 0.1) is 5.92 Å². The number of Topliss-reactive ketones (excluding diaryl/α,β-unsaturated/α-hetero) is 1. The van der Waals surface area contributed by atoms with Crippen LogP contribution in [0.3, 0.4) is 0 Å². The van der Waals surface area contributed by atoms with Crippen LogP contribution in [0.1, 0.15) is 48.3 Å². The fourth-order valence-corrected chi connectivity index (χ4v) is 5.56. The summed E-state index contributed by atoms with van der Waals surface area (Å²) in [5, 5.41) is 0. The summed E-state index contributed by atoms with van der Waals surface area (Å²) in [7, 11) is 3.17. The average molecular weight is 510 g/mol. The molecule has 3 atom stereocenters. The van der Waals surface area contributed by atoms with Crippen LogP contribution in [-0.2, 0) is 20.9 Å². The molecule has 0 saturated carbocycles. The van der Waals surface area contributed by atoms with Gasteiger partial charge in [-0.1, -0.05) is 66.7 Å². The summed E-state index contributed by atoms with van der Waals surface area (Å²) in [6, 6.07) is 25.1. The van der Waals surface area contributed by atoms with E-state index < -0.39 is 17.8 Å². The molecule has 0 aromatic heterocycles. The molecule has 5 rings (SSSR count). The van der Waals surface area contributed by atoms with Gasteiger partial charge in [0.2, 0.25) is 0 Å². The van der Waals surface area contributed by atoms with E-state index in [1.807, 2.05) is 67.6 Å². The lowest BCUT2D eigenvalue weighted by Crippen LogP contribution is -2.38. The van der Waals surface area contributed by atoms with Crippen molar-refractivity contribution in [3.05, 3.63) is 107 Å². The molecule has 38 heavy (non-hydrogen) atoms. The van der Waals surface area contributed by atoms with Gasteiger partial charge in [0.25, 0.3) is 0 Å². The monoisotopic (exact) mass is 509 g/mol. The molecule has 0 bridgehead atoms. The quantitative estimate of drug-likeness (QED) is 0.364. The van der Waals surface area contributed by atoms with Crippen LogP contribution >= 0.6 is 0 Å². The van der Waals surface area contributed by atoms with Crippen molar-refractivity contribution in [3.63, 3.8) is 0 Å². The lowest BCUT2D eigenvalue weighted by molar-refractivity contribution is -0.148. The Bertz CT molecular complexity index is 1390. The Morgan fingerprint density at radius 3 is 2.32 bits per heavy atom. The van der Waals surface area contributed by atoms with E-state index >= 15 is 0 Å². The molecule has 1 aliphatic carbocycles. The van der Waals surface area contributed by atoms with Gasteiger partial charge in [-0.3, -0.25) is 14.6 Å². The average Bonchev–Trinajstić information content (AvgIpc) is 2.95. The summed E-state index contributed by atoms with van der Waals surface area (Å²) >= 11 is 0. The maximum atomic E-state index is 13.8. The van der Waals surface area contributed by atoms with E-state index in [2.05, 4.69) is 12.1 Å². The molecule has 1 unspecified atom stereocenters. The molecule has 6 nitrogen and oxygen atoms in total. The second kappa shape index (κ2) is 11.1. The number of nitrogens with zero attached hydrogens (tertiary/aromatic N) is 1. The second-order valence-corrected chi connectivity index (χ2v) is 9.71. The fraction of sp³-hybridized carbons (Fsp3) is 0.281. The van der Waals surface area contributed by atoms with Crippen LogP contribution < -0.4 is 9.47 Å². The number of methoxy groups -OCH3 is 2. The molecule has 0 saturated heterocycles. The van der Waals surface area contributed by atoms with E-state index in [-0.39, 0.29) is 18.3 Å². The van der Waals surface area contributed by atoms with Crippen LogP contribution in [0.2, 0.25) is 0 Å². The zero-order valence-electron chi connectivity index (χ0n) is 21.8. The van der Waals surface area contributed by atoms with Crippen molar-refractivity contribution in [2.75, 3.05) is 14.2 Å². The number of ketones is 1. The number of aliphatic imine (C=N–C) groups is 1. The largest absolute Gasteiger partial charge is 0.497 e. The Balaban J connectivity index is 1.56. The molecule has 0 fully saturated rings. The van der Waals surface area contributed by atoms with Gasteiger partial charge in [0.05, 0.1) is 14.2 Å². The highest BCUT2D eigenvalue weighted by molar-refractivity contribution is 6.09. The van der Waals surface area contributed by atoms with Gasteiger partial charge in [-0.05, 0) is 36.5 Å². The normalized spacial score (nSPS) is 20.9. The van der Waals surface area contributed by atoms with Crippen molar-refractivity contribution in [1.82, 2.24) is 0 Å². The molecule has 194 valence electrons. The molecule has 2 aliphatic rings. The molecular formula is C32H31NO5. The highest BCUT2D eigenvalue weighted by Gasteiger charge is 2.45. The van der Waals surface area contributed by atoms with Gasteiger partial charge in [0, 0.05) is 41.0 Å². The SMILES string of the molecule is COc1ccc([C@@H]2C3=C(C[C@@H](c4ccccc4)CC3=O)N=C(C)C2C(=O)OCc2ccccc2)c(OC)c1. The van der Waals surface area contributed by atoms with E-state index in [9.17, 15) is 9.59 Å². The predicted molar refractivity (Wildman–Crippen MR) is 146 cm³/mol. The lowest BCUT2D eigenvalue weighted by atomic mass is 9.69. The first kappa shape index (κ1) is 25.5. The molecule has 0 spiro atoms. The predicted octanol–water partition coefficient (Wildman–Crippen LogP) is 6.02. The summed E-state index contributed by atoms with van der Waals surface area (Å²) in [4.78, 5) is 32.3. The Morgan fingerprint density at radius 1 is 0.921 bits per heavy atom. The maximum Gasteiger partial charge on any atom is 0.315 e. The highest BCUT2D eigenvalue weighted by atomic mass is 16.5. The molecular weight excluding hydrogens is 478 g/mol. The van der Waals surface area contributed by atoms with E-state index in [0.717, 1.165) is 22.4 Å². The smallest absolute Gasteiger partial charge is 0.315 e. The summed E-state index contributed by atoms with van der Waals surface area (Å²) in [5.41, 5.74) is 4.69. The number of carbonyl (C=O) groups is 2. The van der Waals surface area contributed by atoms with Crippen LogP contribution in [0.5, 0.6) is 11.5 Å². The van der Waals surface area contributed by atoms with E-state index in [0.29, 0.717) is 35.6 Å². The molecule has 1 aliphatic heterocycles. The van der Waals surface area contributed by atoms with Gasteiger partial charge < -0.3 is 14.2 Å². The van der Waals surface area contributed by atoms with Gasteiger partial charge in [-0.25, -0.2) is 0 Å². The molecule has 6 heteroatoms. The summed E-state index contributed by atoms with van der Waals surface area (Å²) < 4.78 is 16.9. The van der Waals surface area contributed by atoms with Crippen molar-refractivity contribution < 1.29 is 23.8 Å². The third-order valence-electron chi connectivity index (χ3n) is 7.41. The van der Waals surface area contributed by atoms with Gasteiger partial charge in [0.1, 0.15) is 24.0 Å². The first-order chi connectivity index (χ1) is 18.5. The first-order valence-electron chi connectivity index (χ1n) is 12.8. The van der Waals surface area contributed by atoms with E-state index in [1.54, 1.807) is 20.3 Å². The Morgan fingerprint density at radius 2 is 1.63 bits per heavy atom. The van der Waals surface area contributed by atoms with Crippen LogP contribution in [-0.4, -0.2) is 31.7 Å². The van der Waals surface area contributed by atoms with E-state index in [4.69, 9.17) is 19.2 Å². The number of benzene rings is 3. The Hall–Kier alpha value is -4.19. The zero-order valence-corrected chi connectivity index (χ0v) is 21.8. The number of hydrogen-bond acceptors (Lipinski definition) is 6. The minimum atomic E-state index is -0.753. The number of esters is 1. The molecule has 0 radical (unpaired) electrons. The standard InChI is InChI=1S/C32H31NO5/c1-20-29(32(35)38-19-21-10-6-4-7-11-21)30(25-15-14-24(36-2)18-28(25)37-3)31-26(33-20)16-23(17-27(31)34)22-12-8-5-9-13-22/h4-15,18,23,29-30H,16-17,19H2,1-3H3/t23-,29?,30+/m1/s1. The van der Waals surface area contributed by atoms with Crippen molar-refractivity contribution >= 4 is 17.5 Å². The van der Waals surface area contributed by atoms with Gasteiger partial charge in [-0.2, -0.15) is 0 Å². The first-order valence-corrected chi connectivity index (χ1v) is 12.8. The molecule has 3 aromatic rings. The molecule has 0 N–H and O–H groups in total. The number of ether oxygens (including phenoxy) is 3. The molecule has 0 amide bonds. The van der Waals surface area contributed by atoms with Crippen LogP contribution in [0.15, 0.2) is 95.1 Å². The Kier molecular flexibility index (Phi) is 7.40. The lowest BCUT2D eigenvalue weighted by Gasteiger charge is -2.37. The number of hydrogen-bond donors (Lipinski definition) is 0. The maximum absolute atomic E-state index is 13.8. The summed E-state index contributed by atoms with van der Waals surface area (Å²) in [6.45, 7) is 1.99. The summed E-state index contributed by atoms with van der Waals surface area (Å²) in [5.74, 6) is -0.521. The fourth-order valence-electron chi connectivity index (χ4n) is 5.56. The number of rotatable bonds is 7. The van der Waals surface area contributed by atoms with Crippen molar-refractivity contribution in [2.24, 2.45) is 10.9 Å². The van der Waals surface area contributed by atoms with Crippen LogP contribution in [0.4, 0.5) is 0 Å². The van der Waals surface area contributed by atoms with Gasteiger partial charge in [-0.15, -0.1) is 0 Å². The number of carbonyl (C=O) groups excluding carboxylic acids is 2. The minimum Gasteiger partial charge on any atom is -0.497 e. The highest BCUT2D eigenvalue weighted by Crippen LogP contribution is 2.49. The van der Waals surface area contributed by atoms with Gasteiger partial charge in [0.15, 0.2) is 5.78 Å². The van der Waals surface area contributed by atoms with Crippen molar-refractivity contribution in [3.8, 4) is 11.5 Å². The third kappa shape index (κ3) is 4.99. The zero-order chi connectivity index (χ0) is 26.6. The molecule has 1 heterocycles.